The van der Waals surface area contributed by atoms with Gasteiger partial charge in [-0.25, -0.2) is 14.7 Å². The molecule has 1 aliphatic heterocycles. The number of nitrogens with zero attached hydrogens (tertiary/aromatic N) is 5. The first-order valence-corrected chi connectivity index (χ1v) is 10.5. The van der Waals surface area contributed by atoms with Gasteiger partial charge in [0.25, 0.3) is 0 Å². The predicted octanol–water partition coefficient (Wildman–Crippen LogP) is 1.66. The van der Waals surface area contributed by atoms with E-state index >= 15 is 0 Å². The maximum atomic E-state index is 5.39. The molecule has 158 valence electrons. The maximum absolute atomic E-state index is 5.39. The molecular weight excluding hydrogens is 366 g/mol. The normalized spacial score (nSPS) is 15.5. The number of rotatable bonds is 8. The van der Waals surface area contributed by atoms with Crippen molar-refractivity contribution < 1.29 is 4.74 Å². The lowest BCUT2D eigenvalue weighted by Gasteiger charge is -2.26. The summed E-state index contributed by atoms with van der Waals surface area (Å²) in [5.41, 5.74) is 3.14. The van der Waals surface area contributed by atoms with E-state index < -0.39 is 0 Å². The van der Waals surface area contributed by atoms with Crippen molar-refractivity contribution in [1.82, 2.24) is 30.3 Å². The van der Waals surface area contributed by atoms with Crippen LogP contribution in [0.25, 0.3) is 5.82 Å². The summed E-state index contributed by atoms with van der Waals surface area (Å²) < 4.78 is 7.26. The number of guanidine groups is 1. The Bertz CT molecular complexity index is 779. The van der Waals surface area contributed by atoms with Crippen LogP contribution in [0, 0.1) is 13.8 Å². The Morgan fingerprint density at radius 2 is 2.03 bits per heavy atom. The van der Waals surface area contributed by atoms with Crippen molar-refractivity contribution in [1.29, 1.82) is 0 Å². The number of hydrogen-bond acceptors (Lipinski definition) is 5. The second-order valence-corrected chi connectivity index (χ2v) is 7.29. The Balaban J connectivity index is 1.49. The molecule has 1 fully saturated rings. The van der Waals surface area contributed by atoms with Gasteiger partial charge in [0.05, 0.1) is 25.5 Å². The number of pyridine rings is 1. The van der Waals surface area contributed by atoms with Crippen LogP contribution >= 0.6 is 0 Å². The summed E-state index contributed by atoms with van der Waals surface area (Å²) in [5, 5.41) is 11.2. The Labute approximate surface area is 173 Å². The fourth-order valence-electron chi connectivity index (χ4n) is 3.34. The van der Waals surface area contributed by atoms with Crippen LogP contribution in [0.5, 0.6) is 0 Å². The first kappa shape index (κ1) is 21.3. The fourth-order valence-corrected chi connectivity index (χ4v) is 3.34. The molecular formula is C21H33N7O. The molecule has 2 N–H and O–H groups in total. The third kappa shape index (κ3) is 6.54. The Hall–Kier alpha value is -2.45. The van der Waals surface area contributed by atoms with Gasteiger partial charge in [-0.2, -0.15) is 5.10 Å². The quantitative estimate of drug-likeness (QED) is 0.399. The first-order chi connectivity index (χ1) is 14.2. The minimum absolute atomic E-state index is 0.587. The average Bonchev–Trinajstić information content (AvgIpc) is 3.08. The van der Waals surface area contributed by atoms with E-state index in [2.05, 4.69) is 38.6 Å². The lowest BCUT2D eigenvalue weighted by molar-refractivity contribution is 0.0376. The topological polar surface area (TPSA) is 79.6 Å². The van der Waals surface area contributed by atoms with E-state index in [4.69, 9.17) is 9.73 Å². The van der Waals surface area contributed by atoms with Crippen LogP contribution in [0.3, 0.4) is 0 Å². The zero-order valence-electron chi connectivity index (χ0n) is 17.8. The van der Waals surface area contributed by atoms with Gasteiger partial charge in [0.15, 0.2) is 11.8 Å². The molecule has 0 unspecified atom stereocenters. The highest BCUT2D eigenvalue weighted by molar-refractivity contribution is 5.79. The van der Waals surface area contributed by atoms with Crippen LogP contribution in [-0.4, -0.2) is 71.6 Å². The lowest BCUT2D eigenvalue weighted by atomic mass is 10.3. The van der Waals surface area contributed by atoms with Crippen molar-refractivity contribution in [3.8, 4) is 5.82 Å². The van der Waals surface area contributed by atoms with E-state index in [0.717, 1.165) is 81.1 Å². The van der Waals surface area contributed by atoms with Gasteiger partial charge in [0.2, 0.25) is 0 Å². The number of nitrogens with one attached hydrogen (secondary N) is 2. The van der Waals surface area contributed by atoms with Gasteiger partial charge in [-0.1, -0.05) is 6.07 Å². The van der Waals surface area contributed by atoms with Gasteiger partial charge in [-0.15, -0.1) is 0 Å². The average molecular weight is 400 g/mol. The number of aryl methyl sites for hydroxylation is 2. The summed E-state index contributed by atoms with van der Waals surface area (Å²) >= 11 is 0. The third-order valence-corrected chi connectivity index (χ3v) is 4.85. The first-order valence-electron chi connectivity index (χ1n) is 10.5. The molecule has 8 nitrogen and oxygen atoms in total. The molecule has 0 aliphatic carbocycles. The van der Waals surface area contributed by atoms with Crippen LogP contribution in [0.15, 0.2) is 29.4 Å². The molecule has 1 saturated heterocycles. The number of ether oxygens (including phenoxy) is 1. The SMILES string of the molecule is CCNC(=NCc1ccc(-n2nc(C)cc2C)nc1)NCCCN1CCOCC1. The zero-order chi connectivity index (χ0) is 20.5. The van der Waals surface area contributed by atoms with Gasteiger partial charge in [-0.3, -0.25) is 4.90 Å². The number of hydrogen-bond donors (Lipinski definition) is 2. The standard InChI is InChI=1S/C21H33N7O/c1-4-22-21(23-8-5-9-27-10-12-29-13-11-27)25-16-19-6-7-20(24-15-19)28-18(3)14-17(2)26-28/h6-7,14-15H,4-5,8-13,16H2,1-3H3,(H2,22,23,25). The summed E-state index contributed by atoms with van der Waals surface area (Å²) in [4.78, 5) is 11.7. The second-order valence-electron chi connectivity index (χ2n) is 7.29. The number of morpholine rings is 1. The van der Waals surface area contributed by atoms with Gasteiger partial charge in [-0.05, 0) is 51.4 Å². The zero-order valence-corrected chi connectivity index (χ0v) is 17.8. The molecule has 1 aliphatic rings. The summed E-state index contributed by atoms with van der Waals surface area (Å²) in [6.45, 7) is 13.3. The van der Waals surface area contributed by atoms with Crippen LogP contribution in [0.4, 0.5) is 0 Å². The van der Waals surface area contributed by atoms with Crippen molar-refractivity contribution in [3.63, 3.8) is 0 Å². The van der Waals surface area contributed by atoms with Crippen LogP contribution < -0.4 is 10.6 Å². The third-order valence-electron chi connectivity index (χ3n) is 4.85. The Morgan fingerprint density at radius 3 is 2.69 bits per heavy atom. The van der Waals surface area contributed by atoms with Crippen molar-refractivity contribution in [2.75, 3.05) is 45.9 Å². The van der Waals surface area contributed by atoms with E-state index in [9.17, 15) is 0 Å². The molecule has 0 amide bonds. The largest absolute Gasteiger partial charge is 0.379 e. The Morgan fingerprint density at radius 1 is 1.21 bits per heavy atom. The minimum Gasteiger partial charge on any atom is -0.379 e. The summed E-state index contributed by atoms with van der Waals surface area (Å²) in [6.07, 6.45) is 2.96. The molecule has 0 radical (unpaired) electrons. The van der Waals surface area contributed by atoms with Crippen molar-refractivity contribution in [3.05, 3.63) is 41.3 Å². The highest BCUT2D eigenvalue weighted by Gasteiger charge is 2.09. The lowest BCUT2D eigenvalue weighted by Crippen LogP contribution is -2.40. The molecule has 0 saturated carbocycles. The molecule has 0 atom stereocenters. The van der Waals surface area contributed by atoms with Crippen molar-refractivity contribution in [2.45, 2.75) is 33.7 Å². The van der Waals surface area contributed by atoms with E-state index in [1.54, 1.807) is 0 Å². The predicted molar refractivity (Wildman–Crippen MR) is 116 cm³/mol. The molecule has 2 aromatic heterocycles. The molecule has 3 heterocycles. The molecule has 0 spiro atoms. The van der Waals surface area contributed by atoms with Gasteiger partial charge in [0, 0.05) is 38.1 Å². The Kier molecular flexibility index (Phi) is 8.01. The maximum Gasteiger partial charge on any atom is 0.191 e. The molecule has 8 heteroatoms. The summed E-state index contributed by atoms with van der Waals surface area (Å²) in [6, 6.07) is 6.10. The van der Waals surface area contributed by atoms with E-state index in [-0.39, 0.29) is 0 Å². The van der Waals surface area contributed by atoms with E-state index in [1.165, 1.54) is 0 Å². The second kappa shape index (κ2) is 10.9. The summed E-state index contributed by atoms with van der Waals surface area (Å²) in [7, 11) is 0. The van der Waals surface area contributed by atoms with Gasteiger partial charge >= 0.3 is 0 Å². The molecule has 0 bridgehead atoms. The van der Waals surface area contributed by atoms with Gasteiger partial charge in [0.1, 0.15) is 0 Å². The minimum atomic E-state index is 0.587. The number of aliphatic imine (C=N–C) groups is 1. The summed E-state index contributed by atoms with van der Waals surface area (Å²) in [5.74, 6) is 1.67. The van der Waals surface area contributed by atoms with Crippen LogP contribution in [0.2, 0.25) is 0 Å². The van der Waals surface area contributed by atoms with E-state index in [1.807, 2.05) is 36.9 Å². The molecule has 0 aromatic carbocycles. The smallest absolute Gasteiger partial charge is 0.191 e. The molecule has 2 aromatic rings. The monoisotopic (exact) mass is 399 g/mol. The van der Waals surface area contributed by atoms with Crippen LogP contribution in [-0.2, 0) is 11.3 Å². The van der Waals surface area contributed by atoms with Crippen molar-refractivity contribution in [2.24, 2.45) is 4.99 Å². The number of aromatic nitrogens is 3. The highest BCUT2D eigenvalue weighted by atomic mass is 16.5. The van der Waals surface area contributed by atoms with Gasteiger partial charge < -0.3 is 15.4 Å². The van der Waals surface area contributed by atoms with Crippen LogP contribution in [0.1, 0.15) is 30.3 Å². The fraction of sp³-hybridized carbons (Fsp3) is 0.571. The molecule has 3 rings (SSSR count). The van der Waals surface area contributed by atoms with Crippen molar-refractivity contribution >= 4 is 5.96 Å². The molecule has 29 heavy (non-hydrogen) atoms. The highest BCUT2D eigenvalue weighted by Crippen LogP contribution is 2.10. The van der Waals surface area contributed by atoms with E-state index in [0.29, 0.717) is 6.54 Å².